The zero-order valence-corrected chi connectivity index (χ0v) is 22.2. The Morgan fingerprint density at radius 1 is 0.868 bits per heavy atom. The number of para-hydroxylation sites is 1. The third-order valence-corrected chi connectivity index (χ3v) is 6.57. The number of nitrogens with one attached hydrogen (secondary N) is 1. The first-order valence-electron chi connectivity index (χ1n) is 12.6. The van der Waals surface area contributed by atoms with Crippen molar-refractivity contribution < 1.29 is 19.1 Å². The summed E-state index contributed by atoms with van der Waals surface area (Å²) in [5.74, 6) is 0.108. The number of aromatic nitrogens is 1. The summed E-state index contributed by atoms with van der Waals surface area (Å²) in [4.78, 5) is 33.2. The van der Waals surface area contributed by atoms with Gasteiger partial charge in [-0.2, -0.15) is 0 Å². The highest BCUT2D eigenvalue weighted by Gasteiger charge is 2.22. The summed E-state index contributed by atoms with van der Waals surface area (Å²) < 4.78 is 10.8. The number of H-pyrrole nitrogens is 1. The highest BCUT2D eigenvalue weighted by atomic mass is 35.5. The average molecular weight is 534 g/mol. The number of hydrogen-bond donors (Lipinski definition) is 1. The van der Waals surface area contributed by atoms with Crippen LogP contribution in [0.4, 0.5) is 0 Å². The van der Waals surface area contributed by atoms with Crippen molar-refractivity contribution in [1.82, 2.24) is 14.8 Å². The molecule has 0 saturated heterocycles. The number of carbonyl (C=O) groups is 2. The molecule has 2 amide bonds. The van der Waals surface area contributed by atoms with E-state index in [4.69, 9.17) is 21.1 Å². The van der Waals surface area contributed by atoms with E-state index >= 15 is 0 Å². The molecule has 4 aromatic rings. The maximum absolute atomic E-state index is 13.6. The average Bonchev–Trinajstić information content (AvgIpc) is 3.36. The zero-order chi connectivity index (χ0) is 26.7. The molecule has 38 heavy (non-hydrogen) atoms. The maximum atomic E-state index is 13.6. The molecule has 4 rings (SSSR count). The summed E-state index contributed by atoms with van der Waals surface area (Å²) in [5, 5.41) is 1.73. The number of hydrogen-bond acceptors (Lipinski definition) is 4. The van der Waals surface area contributed by atoms with Crippen molar-refractivity contribution >= 4 is 34.3 Å². The SMILES string of the molecule is COCCN(CC(=O)N(CCc1c[nH]c2ccccc12)Cc1ccccc1)C(=O)COc1ccc(Cl)cc1. The molecule has 0 aliphatic rings. The molecular formula is C30H32ClN3O4. The van der Waals surface area contributed by atoms with Crippen LogP contribution >= 0.6 is 11.6 Å². The molecule has 0 fully saturated rings. The lowest BCUT2D eigenvalue weighted by Crippen LogP contribution is -2.46. The van der Waals surface area contributed by atoms with E-state index in [2.05, 4.69) is 11.1 Å². The van der Waals surface area contributed by atoms with Crippen LogP contribution in [0.5, 0.6) is 5.75 Å². The second-order valence-electron chi connectivity index (χ2n) is 8.96. The van der Waals surface area contributed by atoms with Crippen molar-refractivity contribution in [2.75, 3.05) is 40.0 Å². The third kappa shape index (κ3) is 7.60. The molecule has 0 atom stereocenters. The number of benzene rings is 3. The van der Waals surface area contributed by atoms with E-state index < -0.39 is 0 Å². The first-order chi connectivity index (χ1) is 18.5. The van der Waals surface area contributed by atoms with Gasteiger partial charge in [0.05, 0.1) is 13.2 Å². The van der Waals surface area contributed by atoms with E-state index in [1.165, 1.54) is 4.90 Å². The van der Waals surface area contributed by atoms with Crippen LogP contribution < -0.4 is 4.74 Å². The van der Waals surface area contributed by atoms with E-state index in [0.29, 0.717) is 36.9 Å². The standard InChI is InChI=1S/C30H32ClN3O4/c1-37-18-17-34(30(36)22-38-26-13-11-25(31)12-14-26)21-29(35)33(20-23-7-3-2-4-8-23)16-15-24-19-32-28-10-6-5-9-27(24)28/h2-14,19,32H,15-18,20-22H2,1H3. The van der Waals surface area contributed by atoms with E-state index in [0.717, 1.165) is 22.0 Å². The van der Waals surface area contributed by atoms with Crippen LogP contribution in [0.15, 0.2) is 85.1 Å². The number of halogens is 1. The number of rotatable bonds is 13. The van der Waals surface area contributed by atoms with Crippen molar-refractivity contribution in [3.8, 4) is 5.75 Å². The van der Waals surface area contributed by atoms with Crippen LogP contribution in [0.25, 0.3) is 10.9 Å². The Balaban J connectivity index is 1.45. The van der Waals surface area contributed by atoms with Crippen molar-refractivity contribution in [2.45, 2.75) is 13.0 Å². The minimum absolute atomic E-state index is 0.0626. The minimum Gasteiger partial charge on any atom is -0.484 e. The van der Waals surface area contributed by atoms with Crippen molar-refractivity contribution in [1.29, 1.82) is 0 Å². The summed E-state index contributed by atoms with van der Waals surface area (Å²) in [7, 11) is 1.57. The molecule has 0 unspecified atom stereocenters. The molecule has 0 radical (unpaired) electrons. The van der Waals surface area contributed by atoms with Crippen molar-refractivity contribution in [2.24, 2.45) is 0 Å². The van der Waals surface area contributed by atoms with Gasteiger partial charge in [-0.05, 0) is 47.9 Å². The molecule has 1 N–H and O–H groups in total. The number of carbonyl (C=O) groups excluding carboxylic acids is 2. The van der Waals surface area contributed by atoms with E-state index in [1.54, 1.807) is 31.4 Å². The fourth-order valence-electron chi connectivity index (χ4n) is 4.21. The Labute approximate surface area is 227 Å². The maximum Gasteiger partial charge on any atom is 0.261 e. The second kappa shape index (κ2) is 13.7. The molecule has 198 valence electrons. The molecule has 1 heterocycles. The van der Waals surface area contributed by atoms with Gasteiger partial charge in [-0.3, -0.25) is 9.59 Å². The predicted octanol–water partition coefficient (Wildman–Crippen LogP) is 4.95. The van der Waals surface area contributed by atoms with E-state index in [9.17, 15) is 9.59 Å². The van der Waals surface area contributed by atoms with Crippen LogP contribution in [-0.4, -0.2) is 66.6 Å². The molecule has 0 saturated carbocycles. The lowest BCUT2D eigenvalue weighted by molar-refractivity contribution is -0.142. The molecular weight excluding hydrogens is 502 g/mol. The van der Waals surface area contributed by atoms with Gasteiger partial charge in [-0.1, -0.05) is 60.1 Å². The molecule has 1 aromatic heterocycles. The zero-order valence-electron chi connectivity index (χ0n) is 21.4. The summed E-state index contributed by atoms with van der Waals surface area (Å²) in [5.41, 5.74) is 3.25. The first kappa shape index (κ1) is 27.2. The monoisotopic (exact) mass is 533 g/mol. The van der Waals surface area contributed by atoms with Crippen LogP contribution in [0.2, 0.25) is 5.02 Å². The summed E-state index contributed by atoms with van der Waals surface area (Å²) >= 11 is 5.93. The van der Waals surface area contributed by atoms with Crippen molar-refractivity contribution in [3.63, 3.8) is 0 Å². The highest BCUT2D eigenvalue weighted by molar-refractivity contribution is 6.30. The molecule has 8 heteroatoms. The topological polar surface area (TPSA) is 74.9 Å². The Bertz CT molecular complexity index is 1320. The smallest absolute Gasteiger partial charge is 0.261 e. The quantitative estimate of drug-likeness (QED) is 0.264. The number of fused-ring (bicyclic) bond motifs is 1. The predicted molar refractivity (Wildman–Crippen MR) is 149 cm³/mol. The van der Waals surface area contributed by atoms with Crippen LogP contribution in [-0.2, 0) is 27.3 Å². The van der Waals surface area contributed by atoms with Crippen LogP contribution in [0, 0.1) is 0 Å². The summed E-state index contributed by atoms with van der Waals surface area (Å²) in [6.07, 6.45) is 2.69. The van der Waals surface area contributed by atoms with Crippen LogP contribution in [0.3, 0.4) is 0 Å². The van der Waals surface area contributed by atoms with E-state index in [-0.39, 0.29) is 31.5 Å². The number of amides is 2. The molecule has 7 nitrogen and oxygen atoms in total. The number of ether oxygens (including phenoxy) is 2. The summed E-state index contributed by atoms with van der Waals surface area (Å²) in [6.45, 7) is 1.32. The third-order valence-electron chi connectivity index (χ3n) is 6.32. The minimum atomic E-state index is -0.290. The fraction of sp³-hybridized carbons (Fsp3) is 0.267. The van der Waals surface area contributed by atoms with Gasteiger partial charge in [0, 0.05) is 48.9 Å². The molecule has 0 bridgehead atoms. The van der Waals surface area contributed by atoms with Crippen LogP contribution in [0.1, 0.15) is 11.1 Å². The van der Waals surface area contributed by atoms with E-state index in [1.807, 2.05) is 59.6 Å². The first-order valence-corrected chi connectivity index (χ1v) is 12.9. The van der Waals surface area contributed by atoms with Gasteiger partial charge in [0.2, 0.25) is 5.91 Å². The number of aromatic amines is 1. The molecule has 0 spiro atoms. The van der Waals surface area contributed by atoms with Gasteiger partial charge in [-0.25, -0.2) is 0 Å². The van der Waals surface area contributed by atoms with Gasteiger partial charge in [0.15, 0.2) is 6.61 Å². The Morgan fingerprint density at radius 3 is 2.37 bits per heavy atom. The second-order valence-corrected chi connectivity index (χ2v) is 9.40. The molecule has 0 aliphatic carbocycles. The Hall–Kier alpha value is -3.81. The fourth-order valence-corrected chi connectivity index (χ4v) is 4.34. The van der Waals surface area contributed by atoms with Gasteiger partial charge in [-0.15, -0.1) is 0 Å². The molecule has 3 aromatic carbocycles. The lowest BCUT2D eigenvalue weighted by Gasteiger charge is -2.28. The van der Waals surface area contributed by atoms with Gasteiger partial charge in [0.1, 0.15) is 5.75 Å². The highest BCUT2D eigenvalue weighted by Crippen LogP contribution is 2.19. The van der Waals surface area contributed by atoms with Crippen molar-refractivity contribution in [3.05, 3.63) is 101 Å². The largest absolute Gasteiger partial charge is 0.484 e. The van der Waals surface area contributed by atoms with Gasteiger partial charge in [0.25, 0.3) is 5.91 Å². The number of nitrogens with zero attached hydrogens (tertiary/aromatic N) is 2. The Morgan fingerprint density at radius 2 is 1.61 bits per heavy atom. The normalized spacial score (nSPS) is 10.9. The lowest BCUT2D eigenvalue weighted by atomic mass is 10.1. The Kier molecular flexibility index (Phi) is 9.78. The van der Waals surface area contributed by atoms with Gasteiger partial charge < -0.3 is 24.3 Å². The molecule has 0 aliphatic heterocycles. The van der Waals surface area contributed by atoms with Gasteiger partial charge >= 0.3 is 0 Å². The summed E-state index contributed by atoms with van der Waals surface area (Å²) in [6, 6.07) is 24.8. The number of methoxy groups -OCH3 is 1.